The van der Waals surface area contributed by atoms with Gasteiger partial charge in [-0.1, -0.05) is 19.9 Å². The van der Waals surface area contributed by atoms with Crippen LogP contribution < -0.4 is 10.1 Å². The van der Waals surface area contributed by atoms with Crippen LogP contribution >= 0.6 is 0 Å². The van der Waals surface area contributed by atoms with E-state index in [1.54, 1.807) is 0 Å². The number of nitrogens with one attached hydrogen (secondary N) is 1. The highest BCUT2D eigenvalue weighted by Gasteiger charge is 2.20. The van der Waals surface area contributed by atoms with Crippen LogP contribution in [0, 0.1) is 5.92 Å². The highest BCUT2D eigenvalue weighted by Crippen LogP contribution is 2.33. The number of aliphatic hydroxyl groups is 1. The van der Waals surface area contributed by atoms with Gasteiger partial charge in [-0.25, -0.2) is 0 Å². The first-order valence-electron chi connectivity index (χ1n) is 7.20. The zero-order valence-corrected chi connectivity index (χ0v) is 12.3. The molecule has 110 valence electrons. The molecule has 1 aliphatic carbocycles. The van der Waals surface area contributed by atoms with Gasteiger partial charge >= 0.3 is 0 Å². The van der Waals surface area contributed by atoms with Crippen molar-refractivity contribution < 1.29 is 14.6 Å². The van der Waals surface area contributed by atoms with Crippen molar-refractivity contribution in [3.63, 3.8) is 0 Å². The Morgan fingerprint density at radius 1 is 1.45 bits per heavy atom. The normalized spacial score (nSPS) is 18.8. The van der Waals surface area contributed by atoms with E-state index in [0.717, 1.165) is 24.0 Å². The predicted octanol–water partition coefficient (Wildman–Crippen LogP) is 2.21. The van der Waals surface area contributed by atoms with E-state index in [4.69, 9.17) is 4.74 Å². The molecule has 2 rings (SSSR count). The van der Waals surface area contributed by atoms with Crippen molar-refractivity contribution in [3.05, 3.63) is 29.3 Å². The molecule has 0 aliphatic heterocycles. The summed E-state index contributed by atoms with van der Waals surface area (Å²) < 4.78 is 5.52. The Labute approximate surface area is 120 Å². The third-order valence-electron chi connectivity index (χ3n) is 3.92. The molecule has 0 aromatic heterocycles. The average Bonchev–Trinajstić information content (AvgIpc) is 2.77. The Balaban J connectivity index is 1.87. The van der Waals surface area contributed by atoms with Crippen LogP contribution in [-0.4, -0.2) is 23.7 Å². The van der Waals surface area contributed by atoms with E-state index >= 15 is 0 Å². The second-order valence-electron chi connectivity index (χ2n) is 5.80. The largest absolute Gasteiger partial charge is 0.484 e. The molecule has 1 amide bonds. The minimum atomic E-state index is -0.353. The van der Waals surface area contributed by atoms with Gasteiger partial charge in [0.05, 0.1) is 6.10 Å². The summed E-state index contributed by atoms with van der Waals surface area (Å²) in [6.45, 7) is 6.15. The van der Waals surface area contributed by atoms with Crippen LogP contribution in [0.25, 0.3) is 0 Å². The van der Waals surface area contributed by atoms with Crippen molar-refractivity contribution in [1.29, 1.82) is 0 Å². The molecule has 0 radical (unpaired) electrons. The molecule has 0 saturated carbocycles. The number of amides is 1. The second-order valence-corrected chi connectivity index (χ2v) is 5.80. The molecule has 1 aliphatic rings. The van der Waals surface area contributed by atoms with Gasteiger partial charge in [0, 0.05) is 6.04 Å². The van der Waals surface area contributed by atoms with Gasteiger partial charge in [-0.3, -0.25) is 4.79 Å². The topological polar surface area (TPSA) is 58.6 Å². The molecule has 0 bridgehead atoms. The Kier molecular flexibility index (Phi) is 4.65. The van der Waals surface area contributed by atoms with E-state index in [1.165, 1.54) is 0 Å². The molecule has 0 fully saturated rings. The molecule has 20 heavy (non-hydrogen) atoms. The van der Waals surface area contributed by atoms with Crippen molar-refractivity contribution in [2.75, 3.05) is 6.61 Å². The number of fused-ring (bicyclic) bond motifs is 1. The standard InChI is InChI=1S/C16H23NO3/c1-10(2)11(3)17-16(19)9-20-13-5-6-14-12(8-13)4-7-15(14)18/h5-6,8,10-11,15,18H,4,7,9H2,1-3H3,(H,17,19). The minimum absolute atomic E-state index is 0.0262. The fourth-order valence-electron chi connectivity index (χ4n) is 2.27. The number of aliphatic hydroxyl groups excluding tert-OH is 1. The van der Waals surface area contributed by atoms with E-state index < -0.39 is 0 Å². The Morgan fingerprint density at radius 2 is 2.20 bits per heavy atom. The lowest BCUT2D eigenvalue weighted by Gasteiger charge is -2.17. The maximum absolute atomic E-state index is 11.7. The molecule has 4 heteroatoms. The van der Waals surface area contributed by atoms with Crippen LogP contribution in [0.3, 0.4) is 0 Å². The van der Waals surface area contributed by atoms with Gasteiger partial charge in [-0.2, -0.15) is 0 Å². The molecule has 0 saturated heterocycles. The first-order valence-corrected chi connectivity index (χ1v) is 7.20. The predicted molar refractivity (Wildman–Crippen MR) is 77.7 cm³/mol. The van der Waals surface area contributed by atoms with Gasteiger partial charge in [0.15, 0.2) is 6.61 Å². The van der Waals surface area contributed by atoms with E-state index in [9.17, 15) is 9.90 Å². The Hall–Kier alpha value is -1.55. The average molecular weight is 277 g/mol. The summed E-state index contributed by atoms with van der Waals surface area (Å²) in [5, 5.41) is 12.6. The maximum atomic E-state index is 11.7. The molecule has 2 N–H and O–H groups in total. The fraction of sp³-hybridized carbons (Fsp3) is 0.562. The molecular formula is C16H23NO3. The number of ether oxygens (including phenoxy) is 1. The molecule has 2 atom stereocenters. The van der Waals surface area contributed by atoms with Crippen LogP contribution in [0.5, 0.6) is 5.75 Å². The lowest BCUT2D eigenvalue weighted by Crippen LogP contribution is -2.38. The minimum Gasteiger partial charge on any atom is -0.484 e. The number of hydrogen-bond acceptors (Lipinski definition) is 3. The summed E-state index contributed by atoms with van der Waals surface area (Å²) in [4.78, 5) is 11.7. The highest BCUT2D eigenvalue weighted by atomic mass is 16.5. The zero-order chi connectivity index (χ0) is 14.7. The van der Waals surface area contributed by atoms with Crippen LogP contribution in [0.15, 0.2) is 18.2 Å². The van der Waals surface area contributed by atoms with Crippen LogP contribution in [-0.2, 0) is 11.2 Å². The van der Waals surface area contributed by atoms with Gasteiger partial charge in [-0.05, 0) is 48.9 Å². The molecule has 1 aromatic rings. The summed E-state index contributed by atoms with van der Waals surface area (Å²) in [6, 6.07) is 5.76. The van der Waals surface area contributed by atoms with Gasteiger partial charge in [0.25, 0.3) is 5.91 Å². The SMILES string of the molecule is CC(C)C(C)NC(=O)COc1ccc2c(c1)CCC2O. The number of hydrogen-bond donors (Lipinski definition) is 2. The van der Waals surface area contributed by atoms with Crippen LogP contribution in [0.4, 0.5) is 0 Å². The van der Waals surface area contributed by atoms with Crippen molar-refractivity contribution >= 4 is 5.91 Å². The van der Waals surface area contributed by atoms with E-state index in [1.807, 2.05) is 25.1 Å². The summed E-state index contributed by atoms with van der Waals surface area (Å²) in [5.74, 6) is 0.984. The molecule has 0 spiro atoms. The summed E-state index contributed by atoms with van der Waals surface area (Å²) in [7, 11) is 0. The zero-order valence-electron chi connectivity index (χ0n) is 12.3. The van der Waals surface area contributed by atoms with Gasteiger partial charge in [0.2, 0.25) is 0 Å². The lowest BCUT2D eigenvalue weighted by molar-refractivity contribution is -0.124. The number of rotatable bonds is 5. The molecule has 2 unspecified atom stereocenters. The van der Waals surface area contributed by atoms with Crippen molar-refractivity contribution in [2.24, 2.45) is 5.92 Å². The van der Waals surface area contributed by atoms with E-state index in [0.29, 0.717) is 11.7 Å². The molecular weight excluding hydrogens is 254 g/mol. The number of carbonyl (C=O) groups is 1. The first kappa shape index (κ1) is 14.9. The second kappa shape index (κ2) is 6.27. The van der Waals surface area contributed by atoms with Gasteiger partial charge < -0.3 is 15.2 Å². The molecule has 4 nitrogen and oxygen atoms in total. The van der Waals surface area contributed by atoms with Crippen molar-refractivity contribution in [3.8, 4) is 5.75 Å². The summed E-state index contributed by atoms with van der Waals surface area (Å²) >= 11 is 0. The number of carbonyl (C=O) groups excluding carboxylic acids is 1. The first-order chi connectivity index (χ1) is 9.47. The maximum Gasteiger partial charge on any atom is 0.258 e. The van der Waals surface area contributed by atoms with Crippen molar-refractivity contribution in [2.45, 2.75) is 45.8 Å². The Bertz CT molecular complexity index is 485. The van der Waals surface area contributed by atoms with Gasteiger partial charge in [0.1, 0.15) is 5.75 Å². The van der Waals surface area contributed by atoms with Crippen LogP contribution in [0.2, 0.25) is 0 Å². The molecule has 0 heterocycles. The van der Waals surface area contributed by atoms with Crippen LogP contribution in [0.1, 0.15) is 44.4 Å². The quantitative estimate of drug-likeness (QED) is 0.867. The van der Waals surface area contributed by atoms with Gasteiger partial charge in [-0.15, -0.1) is 0 Å². The Morgan fingerprint density at radius 3 is 2.90 bits per heavy atom. The third-order valence-corrected chi connectivity index (χ3v) is 3.92. The number of aryl methyl sites for hydroxylation is 1. The third kappa shape index (κ3) is 3.51. The monoisotopic (exact) mass is 277 g/mol. The smallest absolute Gasteiger partial charge is 0.258 e. The summed E-state index contributed by atoms with van der Waals surface area (Å²) in [6.07, 6.45) is 1.28. The van der Waals surface area contributed by atoms with E-state index in [-0.39, 0.29) is 24.7 Å². The molecule has 1 aromatic carbocycles. The van der Waals surface area contributed by atoms with E-state index in [2.05, 4.69) is 19.2 Å². The van der Waals surface area contributed by atoms with Crippen molar-refractivity contribution in [1.82, 2.24) is 5.32 Å². The number of benzene rings is 1. The highest BCUT2D eigenvalue weighted by molar-refractivity contribution is 5.77. The summed E-state index contributed by atoms with van der Waals surface area (Å²) in [5.41, 5.74) is 2.10. The fourth-order valence-corrected chi connectivity index (χ4v) is 2.27. The lowest BCUT2D eigenvalue weighted by atomic mass is 10.1.